The molecule has 2 aliphatic heterocycles. The van der Waals surface area contributed by atoms with Gasteiger partial charge in [0, 0.05) is 31.2 Å². The van der Waals surface area contributed by atoms with Gasteiger partial charge in [-0.3, -0.25) is 9.78 Å². The maximum Gasteiger partial charge on any atom is 0.225 e. The molecule has 25 heavy (non-hydrogen) atoms. The number of hydrogen-bond acceptors (Lipinski definition) is 4. The molecule has 1 amide bonds. The third kappa shape index (κ3) is 4.39. The highest BCUT2D eigenvalue weighted by atomic mass is 16.3. The van der Waals surface area contributed by atoms with Crippen LogP contribution in [0.3, 0.4) is 0 Å². The van der Waals surface area contributed by atoms with E-state index >= 15 is 0 Å². The fraction of sp³-hybridized carbons (Fsp3) is 0.700. The molecule has 3 rings (SSSR count). The average molecular weight is 345 g/mol. The van der Waals surface area contributed by atoms with Gasteiger partial charge in [0.1, 0.15) is 0 Å². The zero-order valence-electron chi connectivity index (χ0n) is 15.5. The summed E-state index contributed by atoms with van der Waals surface area (Å²) in [5.41, 5.74) is 0.744. The number of hydrogen-bond donors (Lipinski definition) is 1. The van der Waals surface area contributed by atoms with E-state index in [-0.39, 0.29) is 11.8 Å². The van der Waals surface area contributed by atoms with E-state index < -0.39 is 6.10 Å². The Morgan fingerprint density at radius 1 is 1.12 bits per heavy atom. The minimum atomic E-state index is -0.521. The van der Waals surface area contributed by atoms with E-state index in [1.807, 2.05) is 23.1 Å². The lowest BCUT2D eigenvalue weighted by Gasteiger charge is -2.39. The highest BCUT2D eigenvalue weighted by molar-refractivity contribution is 5.79. The molecule has 1 atom stereocenters. The first-order chi connectivity index (χ1) is 12.1. The number of likely N-dealkylation sites (tertiary alicyclic amines) is 2. The largest absolute Gasteiger partial charge is 0.387 e. The van der Waals surface area contributed by atoms with Crippen molar-refractivity contribution in [3.8, 4) is 0 Å². The van der Waals surface area contributed by atoms with Crippen LogP contribution in [0.2, 0.25) is 0 Å². The number of amides is 1. The second kappa shape index (κ2) is 8.28. The van der Waals surface area contributed by atoms with Gasteiger partial charge in [0.25, 0.3) is 0 Å². The van der Waals surface area contributed by atoms with Gasteiger partial charge in [0.2, 0.25) is 5.91 Å². The van der Waals surface area contributed by atoms with Crippen LogP contribution in [0.1, 0.15) is 51.3 Å². The van der Waals surface area contributed by atoms with Crippen LogP contribution in [0.5, 0.6) is 0 Å². The summed E-state index contributed by atoms with van der Waals surface area (Å²) < 4.78 is 0. The van der Waals surface area contributed by atoms with Crippen molar-refractivity contribution in [3.63, 3.8) is 0 Å². The number of nitrogens with zero attached hydrogens (tertiary/aromatic N) is 3. The molecule has 1 aromatic heterocycles. The van der Waals surface area contributed by atoms with E-state index in [1.165, 1.54) is 0 Å². The topological polar surface area (TPSA) is 56.7 Å². The van der Waals surface area contributed by atoms with Gasteiger partial charge in [0.15, 0.2) is 0 Å². The monoisotopic (exact) mass is 345 g/mol. The molecule has 0 aliphatic carbocycles. The molecule has 5 heteroatoms. The average Bonchev–Trinajstić information content (AvgIpc) is 2.67. The molecular formula is C20H31N3O2. The van der Waals surface area contributed by atoms with Gasteiger partial charge < -0.3 is 14.9 Å². The Morgan fingerprint density at radius 2 is 1.80 bits per heavy atom. The van der Waals surface area contributed by atoms with Crippen LogP contribution < -0.4 is 0 Å². The number of rotatable bonds is 4. The molecule has 2 fully saturated rings. The summed E-state index contributed by atoms with van der Waals surface area (Å²) in [6, 6.07) is 6.22. The Labute approximate surface area is 151 Å². The summed E-state index contributed by atoms with van der Waals surface area (Å²) in [4.78, 5) is 21.6. The van der Waals surface area contributed by atoms with Crippen molar-refractivity contribution in [2.24, 2.45) is 11.8 Å². The van der Waals surface area contributed by atoms with E-state index in [9.17, 15) is 9.90 Å². The summed E-state index contributed by atoms with van der Waals surface area (Å²) >= 11 is 0. The first-order valence-electron chi connectivity index (χ1n) is 9.68. The zero-order chi connectivity index (χ0) is 17.8. The predicted molar refractivity (Wildman–Crippen MR) is 97.9 cm³/mol. The van der Waals surface area contributed by atoms with Crippen molar-refractivity contribution in [2.45, 2.75) is 51.7 Å². The van der Waals surface area contributed by atoms with Gasteiger partial charge >= 0.3 is 0 Å². The lowest BCUT2D eigenvalue weighted by atomic mass is 9.88. The summed E-state index contributed by atoms with van der Waals surface area (Å²) in [6.45, 7) is 8.03. The molecule has 3 heterocycles. The third-order valence-corrected chi connectivity index (χ3v) is 5.90. The van der Waals surface area contributed by atoms with Gasteiger partial charge in [0.05, 0.1) is 11.8 Å². The quantitative estimate of drug-likeness (QED) is 0.911. The fourth-order valence-electron chi connectivity index (χ4n) is 4.15. The van der Waals surface area contributed by atoms with Crippen molar-refractivity contribution >= 4 is 5.91 Å². The van der Waals surface area contributed by atoms with E-state index in [2.05, 4.69) is 23.7 Å². The van der Waals surface area contributed by atoms with E-state index in [1.54, 1.807) is 6.20 Å². The fourth-order valence-corrected chi connectivity index (χ4v) is 4.15. The first kappa shape index (κ1) is 18.3. The molecule has 0 unspecified atom stereocenters. The van der Waals surface area contributed by atoms with Gasteiger partial charge in [-0.25, -0.2) is 0 Å². The lowest BCUT2D eigenvalue weighted by molar-refractivity contribution is -0.139. The molecule has 0 saturated carbocycles. The highest BCUT2D eigenvalue weighted by Gasteiger charge is 2.33. The van der Waals surface area contributed by atoms with Crippen molar-refractivity contribution in [1.29, 1.82) is 0 Å². The van der Waals surface area contributed by atoms with Gasteiger partial charge in [-0.2, -0.15) is 0 Å². The van der Waals surface area contributed by atoms with Crippen molar-refractivity contribution in [3.05, 3.63) is 30.1 Å². The molecule has 1 aromatic rings. The number of piperidine rings is 2. The Bertz CT molecular complexity index is 547. The molecule has 138 valence electrons. The minimum Gasteiger partial charge on any atom is -0.387 e. The lowest BCUT2D eigenvalue weighted by Crippen LogP contribution is -2.47. The van der Waals surface area contributed by atoms with Crippen molar-refractivity contribution in [1.82, 2.24) is 14.8 Å². The number of carbonyl (C=O) groups is 1. The molecule has 0 spiro atoms. The van der Waals surface area contributed by atoms with E-state index in [0.717, 1.165) is 57.6 Å². The number of carbonyl (C=O) groups excluding carboxylic acids is 1. The zero-order valence-corrected chi connectivity index (χ0v) is 15.5. The van der Waals surface area contributed by atoms with Crippen molar-refractivity contribution in [2.75, 3.05) is 26.2 Å². The number of aliphatic hydroxyl groups excluding tert-OH is 1. The van der Waals surface area contributed by atoms with Crippen LogP contribution in [-0.2, 0) is 4.79 Å². The second-order valence-electron chi connectivity index (χ2n) is 7.77. The summed E-state index contributed by atoms with van der Waals surface area (Å²) in [7, 11) is 0. The second-order valence-corrected chi connectivity index (χ2v) is 7.77. The number of pyridine rings is 1. The maximum atomic E-state index is 12.8. The molecular weight excluding hydrogens is 314 g/mol. The molecule has 0 bridgehead atoms. The summed E-state index contributed by atoms with van der Waals surface area (Å²) in [5.74, 6) is 0.711. The smallest absolute Gasteiger partial charge is 0.225 e. The maximum absolute atomic E-state index is 12.8. The molecule has 2 aliphatic rings. The Kier molecular flexibility index (Phi) is 6.07. The SMILES string of the molecule is CC(C)N1CCC(C(=O)N2CCC([C@H](O)c3ccccn3)CC2)CC1. The predicted octanol–water partition coefficient (Wildman–Crippen LogP) is 2.47. The van der Waals surface area contributed by atoms with Gasteiger partial charge in [-0.05, 0) is 70.7 Å². The molecule has 0 radical (unpaired) electrons. The standard InChI is InChI=1S/C20H31N3O2/c1-15(2)22-11-8-17(9-12-22)20(25)23-13-6-16(7-14-23)19(24)18-5-3-4-10-21-18/h3-5,10,15-17,19,24H,6-9,11-14H2,1-2H3/t19-/m0/s1. The Morgan fingerprint density at radius 3 is 2.36 bits per heavy atom. The molecule has 1 N–H and O–H groups in total. The summed E-state index contributed by atoms with van der Waals surface area (Å²) in [6.07, 6.45) is 4.87. The van der Waals surface area contributed by atoms with Gasteiger partial charge in [-0.1, -0.05) is 6.07 Å². The molecule has 2 saturated heterocycles. The first-order valence-corrected chi connectivity index (χ1v) is 9.68. The number of aliphatic hydroxyl groups is 1. The third-order valence-electron chi connectivity index (χ3n) is 5.90. The van der Waals surface area contributed by atoms with Crippen molar-refractivity contribution < 1.29 is 9.90 Å². The van der Waals surface area contributed by atoms with Crippen LogP contribution >= 0.6 is 0 Å². The normalized spacial score (nSPS) is 22.3. The molecule has 0 aromatic carbocycles. The van der Waals surface area contributed by atoms with Crippen LogP contribution in [0, 0.1) is 11.8 Å². The van der Waals surface area contributed by atoms with Crippen LogP contribution in [0.25, 0.3) is 0 Å². The van der Waals surface area contributed by atoms with Crippen LogP contribution in [0.15, 0.2) is 24.4 Å². The Balaban J connectivity index is 1.48. The number of aromatic nitrogens is 1. The van der Waals surface area contributed by atoms with E-state index in [0.29, 0.717) is 11.9 Å². The van der Waals surface area contributed by atoms with Crippen LogP contribution in [0.4, 0.5) is 0 Å². The minimum absolute atomic E-state index is 0.187. The van der Waals surface area contributed by atoms with E-state index in [4.69, 9.17) is 0 Å². The highest BCUT2D eigenvalue weighted by Crippen LogP contribution is 2.31. The summed E-state index contributed by atoms with van der Waals surface area (Å²) in [5, 5.41) is 10.5. The molecule has 5 nitrogen and oxygen atoms in total. The van der Waals surface area contributed by atoms with Crippen LogP contribution in [-0.4, -0.2) is 58.0 Å². The van der Waals surface area contributed by atoms with Gasteiger partial charge in [-0.15, -0.1) is 0 Å². The Hall–Kier alpha value is -1.46.